The van der Waals surface area contributed by atoms with E-state index >= 15 is 0 Å². The third kappa shape index (κ3) is 3.07. The zero-order chi connectivity index (χ0) is 23.2. The van der Waals surface area contributed by atoms with Crippen molar-refractivity contribution in [3.63, 3.8) is 0 Å². The first kappa shape index (κ1) is 21.3. The molecule has 1 aromatic carbocycles. The molecule has 0 radical (unpaired) electrons. The van der Waals surface area contributed by atoms with Crippen LogP contribution in [0.15, 0.2) is 30.3 Å². The lowest BCUT2D eigenvalue weighted by atomic mass is 9.95. The zero-order valence-corrected chi connectivity index (χ0v) is 18.8. The van der Waals surface area contributed by atoms with Crippen molar-refractivity contribution in [2.24, 2.45) is 7.05 Å². The van der Waals surface area contributed by atoms with Crippen molar-refractivity contribution >= 4 is 33.9 Å². The molecule has 0 saturated carbocycles. The highest BCUT2D eigenvalue weighted by atomic mass is 16.5. The maximum atomic E-state index is 12.8. The quantitative estimate of drug-likeness (QED) is 0.449. The Morgan fingerprint density at radius 1 is 0.906 bits per heavy atom. The van der Waals surface area contributed by atoms with Gasteiger partial charge in [0, 0.05) is 24.1 Å². The van der Waals surface area contributed by atoms with Crippen LogP contribution in [0.4, 0.5) is 0 Å². The van der Waals surface area contributed by atoms with Gasteiger partial charge in [0.15, 0.2) is 0 Å². The Hall–Kier alpha value is -3.94. The van der Waals surface area contributed by atoms with E-state index in [0.717, 1.165) is 16.4 Å². The lowest BCUT2D eigenvalue weighted by Gasteiger charge is -2.17. The van der Waals surface area contributed by atoms with Crippen LogP contribution < -0.4 is 4.74 Å². The van der Waals surface area contributed by atoms with Gasteiger partial charge in [0.1, 0.15) is 16.8 Å². The van der Waals surface area contributed by atoms with Gasteiger partial charge in [0.2, 0.25) is 0 Å². The molecule has 0 amide bonds. The summed E-state index contributed by atoms with van der Waals surface area (Å²) in [5, 5.41) is 0.923. The Kier molecular flexibility index (Phi) is 5.30. The number of aryl methyl sites for hydroxylation is 3. The minimum Gasteiger partial charge on any atom is -0.494 e. The fourth-order valence-electron chi connectivity index (χ4n) is 4.21. The first-order chi connectivity index (χ1) is 15.3. The molecule has 32 heavy (non-hydrogen) atoms. The van der Waals surface area contributed by atoms with Crippen LogP contribution in [0.5, 0.6) is 5.75 Å². The number of hydrogen-bond acceptors (Lipinski definition) is 7. The van der Waals surface area contributed by atoms with Crippen molar-refractivity contribution < 1.29 is 23.8 Å². The lowest BCUT2D eigenvalue weighted by molar-refractivity contribution is 0.0599. The molecule has 4 aromatic rings. The van der Waals surface area contributed by atoms with Crippen molar-refractivity contribution in [3.05, 3.63) is 52.8 Å². The number of hydrogen-bond donors (Lipinski definition) is 0. The van der Waals surface area contributed by atoms with E-state index in [9.17, 15) is 9.59 Å². The van der Waals surface area contributed by atoms with Gasteiger partial charge < -0.3 is 18.8 Å². The summed E-state index contributed by atoms with van der Waals surface area (Å²) in [5.41, 5.74) is 4.35. The number of fused-ring (bicyclic) bond motifs is 3. The van der Waals surface area contributed by atoms with Gasteiger partial charge >= 0.3 is 11.9 Å². The summed E-state index contributed by atoms with van der Waals surface area (Å²) in [6.07, 6.45) is 0. The number of esters is 2. The Morgan fingerprint density at radius 3 is 2.06 bits per heavy atom. The van der Waals surface area contributed by atoms with E-state index in [4.69, 9.17) is 19.2 Å². The van der Waals surface area contributed by atoms with Crippen molar-refractivity contribution in [1.82, 2.24) is 14.5 Å². The third-order valence-electron chi connectivity index (χ3n) is 5.63. The molecule has 0 N–H and O–H groups in total. The van der Waals surface area contributed by atoms with Gasteiger partial charge in [-0.2, -0.15) is 0 Å². The number of ether oxygens (including phenoxy) is 3. The molecule has 0 aliphatic heterocycles. The summed E-state index contributed by atoms with van der Waals surface area (Å²) in [5.74, 6) is -0.676. The monoisotopic (exact) mass is 433 g/mol. The van der Waals surface area contributed by atoms with Crippen LogP contribution in [0.1, 0.15) is 32.1 Å². The van der Waals surface area contributed by atoms with Crippen LogP contribution in [-0.2, 0) is 16.5 Å². The number of carbonyl (C=O) groups excluding carboxylic acids is 2. The number of rotatable bonds is 4. The molecule has 0 unspecified atom stereocenters. The van der Waals surface area contributed by atoms with E-state index in [1.165, 1.54) is 14.2 Å². The molecule has 8 heteroatoms. The summed E-state index contributed by atoms with van der Waals surface area (Å²) in [6.45, 7) is 3.38. The van der Waals surface area contributed by atoms with Gasteiger partial charge in [0.25, 0.3) is 0 Å². The normalized spacial score (nSPS) is 11.1. The minimum atomic E-state index is -0.617. The number of benzene rings is 1. The molecule has 8 nitrogen and oxygen atoms in total. The van der Waals surface area contributed by atoms with Crippen LogP contribution in [-0.4, -0.2) is 47.8 Å². The Morgan fingerprint density at radius 2 is 1.50 bits per heavy atom. The fourth-order valence-corrected chi connectivity index (χ4v) is 4.21. The molecule has 0 saturated heterocycles. The molecule has 0 aliphatic carbocycles. The largest absolute Gasteiger partial charge is 0.494 e. The summed E-state index contributed by atoms with van der Waals surface area (Å²) >= 11 is 0. The number of aromatic nitrogens is 3. The van der Waals surface area contributed by atoms with E-state index in [0.29, 0.717) is 33.9 Å². The summed E-state index contributed by atoms with van der Waals surface area (Å²) in [4.78, 5) is 34.8. The number of methoxy groups -OCH3 is 3. The first-order valence-corrected chi connectivity index (χ1v) is 9.94. The number of carbonyl (C=O) groups is 2. The van der Waals surface area contributed by atoms with Crippen molar-refractivity contribution in [2.45, 2.75) is 13.8 Å². The maximum Gasteiger partial charge on any atom is 0.340 e. The minimum absolute atomic E-state index is 0.160. The van der Waals surface area contributed by atoms with Gasteiger partial charge in [-0.3, -0.25) is 4.98 Å². The van der Waals surface area contributed by atoms with Crippen LogP contribution in [0.2, 0.25) is 0 Å². The lowest BCUT2D eigenvalue weighted by Crippen LogP contribution is -2.16. The highest BCUT2D eigenvalue weighted by Crippen LogP contribution is 2.39. The van der Waals surface area contributed by atoms with Crippen LogP contribution in [0.3, 0.4) is 0 Å². The molecule has 0 bridgehead atoms. The predicted molar refractivity (Wildman–Crippen MR) is 120 cm³/mol. The highest BCUT2D eigenvalue weighted by Gasteiger charge is 2.29. The Labute approximate surface area is 184 Å². The molecule has 164 valence electrons. The van der Waals surface area contributed by atoms with Crippen LogP contribution >= 0.6 is 0 Å². The predicted octanol–water partition coefficient (Wildman–Crippen LogP) is 3.99. The third-order valence-corrected chi connectivity index (χ3v) is 5.63. The summed E-state index contributed by atoms with van der Waals surface area (Å²) < 4.78 is 17.7. The van der Waals surface area contributed by atoms with Gasteiger partial charge in [-0.25, -0.2) is 14.6 Å². The number of nitrogens with zero attached hydrogens (tertiary/aromatic N) is 3. The molecular weight excluding hydrogens is 410 g/mol. The van der Waals surface area contributed by atoms with Gasteiger partial charge in [-0.1, -0.05) is 18.2 Å². The first-order valence-electron chi connectivity index (χ1n) is 9.94. The van der Waals surface area contributed by atoms with Crippen molar-refractivity contribution in [2.75, 3.05) is 21.3 Å². The van der Waals surface area contributed by atoms with Crippen molar-refractivity contribution in [3.8, 4) is 17.0 Å². The average Bonchev–Trinajstić information content (AvgIpc) is 3.09. The van der Waals surface area contributed by atoms with Gasteiger partial charge in [-0.15, -0.1) is 0 Å². The van der Waals surface area contributed by atoms with Gasteiger partial charge in [0.05, 0.1) is 55.1 Å². The van der Waals surface area contributed by atoms with E-state index in [2.05, 4.69) is 4.98 Å². The van der Waals surface area contributed by atoms with Crippen molar-refractivity contribution in [1.29, 1.82) is 0 Å². The molecule has 4 rings (SSSR count). The highest BCUT2D eigenvalue weighted by molar-refractivity contribution is 6.11. The molecule has 0 aliphatic rings. The van der Waals surface area contributed by atoms with E-state index in [1.807, 2.05) is 35.9 Å². The Balaban J connectivity index is 2.20. The van der Waals surface area contributed by atoms with E-state index < -0.39 is 11.9 Å². The molecule has 0 spiro atoms. The second kappa shape index (κ2) is 7.96. The number of pyridine rings is 2. The van der Waals surface area contributed by atoms with Crippen LogP contribution in [0.25, 0.3) is 33.2 Å². The molecule has 3 aromatic heterocycles. The second-order valence-corrected chi connectivity index (χ2v) is 7.37. The van der Waals surface area contributed by atoms with E-state index in [-0.39, 0.29) is 11.1 Å². The standard InChI is InChI=1S/C24H23N3O5/c1-12-18(23(28)31-5)20(19(13(2)25-12)24(29)32-6)15-11-17(30-4)22-21(26-15)14-9-7-8-10-16(14)27(22)3/h7-11H,1-6H3. The number of para-hydroxylation sites is 1. The fraction of sp³-hybridized carbons (Fsp3) is 0.250. The maximum absolute atomic E-state index is 12.8. The second-order valence-electron chi connectivity index (χ2n) is 7.37. The smallest absolute Gasteiger partial charge is 0.340 e. The zero-order valence-electron chi connectivity index (χ0n) is 18.8. The molecule has 3 heterocycles. The average molecular weight is 433 g/mol. The molecule has 0 atom stereocenters. The van der Waals surface area contributed by atoms with Gasteiger partial charge in [-0.05, 0) is 19.9 Å². The Bertz CT molecular complexity index is 1360. The SMILES string of the molecule is COC(=O)c1c(C)nc(C)c(C(=O)OC)c1-c1cc(OC)c2c(n1)c1ccccc1n2C. The van der Waals surface area contributed by atoms with Crippen LogP contribution in [0, 0.1) is 13.8 Å². The molecule has 0 fully saturated rings. The topological polar surface area (TPSA) is 92.5 Å². The van der Waals surface area contributed by atoms with E-state index in [1.54, 1.807) is 27.0 Å². The summed E-state index contributed by atoms with van der Waals surface area (Å²) in [7, 11) is 6.08. The molecular formula is C24H23N3O5. The summed E-state index contributed by atoms with van der Waals surface area (Å²) in [6, 6.07) is 9.57.